The van der Waals surface area contributed by atoms with E-state index >= 15 is 0 Å². The van der Waals surface area contributed by atoms with E-state index in [1.807, 2.05) is 46.2 Å². The van der Waals surface area contributed by atoms with Gasteiger partial charge in [-0.15, -0.1) is 0 Å². The van der Waals surface area contributed by atoms with Crippen LogP contribution in [0.15, 0.2) is 68.4 Å². The molecule has 2 aromatic heterocycles. The highest BCUT2D eigenvalue weighted by molar-refractivity contribution is 8.00. The molecule has 2 saturated heterocycles. The van der Waals surface area contributed by atoms with E-state index in [0.29, 0.717) is 51.6 Å². The van der Waals surface area contributed by atoms with E-state index in [4.69, 9.17) is 9.97 Å². The summed E-state index contributed by atoms with van der Waals surface area (Å²) < 4.78 is 3.29. The smallest absolute Gasteiger partial charge is 0.262 e. The summed E-state index contributed by atoms with van der Waals surface area (Å²) in [6.07, 6.45) is 8.70. The predicted octanol–water partition coefficient (Wildman–Crippen LogP) is 5.96. The lowest BCUT2D eigenvalue weighted by Crippen LogP contribution is -2.44. The van der Waals surface area contributed by atoms with Gasteiger partial charge in [-0.2, -0.15) is 0 Å². The van der Waals surface area contributed by atoms with E-state index in [9.17, 15) is 19.2 Å². The van der Waals surface area contributed by atoms with Gasteiger partial charge in [-0.05, 0) is 82.1 Å². The molecular formula is C37H46N6O4S2. The standard InChI is InChI=1S/C37H46N6O4S2/c1-3-26-14-9-11-20-40(26)32(44)24-48-36-38-30-18-7-5-16-28(30)34(46)42(36)22-13-23-43-35(47)29-17-6-8-19-31(29)39-37(43)49-25-33(45)41-21-12-10-15-27(41)4-2/h5-8,16-19,26-27H,3-4,9-15,20-25H2,1-2H3/t26-,27-/m1/s1. The highest BCUT2D eigenvalue weighted by Crippen LogP contribution is 2.25. The number of carbonyl (C=O) groups is 2. The zero-order chi connectivity index (χ0) is 34.3. The van der Waals surface area contributed by atoms with Crippen LogP contribution in [0.25, 0.3) is 21.8 Å². The molecule has 12 heteroatoms. The number of rotatable bonds is 12. The molecule has 49 heavy (non-hydrogen) atoms. The van der Waals surface area contributed by atoms with E-state index in [-0.39, 0.29) is 46.5 Å². The van der Waals surface area contributed by atoms with Gasteiger partial charge in [0.1, 0.15) is 0 Å². The van der Waals surface area contributed by atoms with Crippen LogP contribution >= 0.6 is 23.5 Å². The Hall–Kier alpha value is -3.64. The number of hydrogen-bond donors (Lipinski definition) is 0. The Labute approximate surface area is 295 Å². The summed E-state index contributed by atoms with van der Waals surface area (Å²) in [4.78, 5) is 68.0. The number of amides is 2. The molecule has 2 aliphatic rings. The number of nitrogens with zero attached hydrogens (tertiary/aromatic N) is 6. The van der Waals surface area contributed by atoms with Gasteiger partial charge < -0.3 is 9.80 Å². The molecule has 2 aliphatic heterocycles. The minimum Gasteiger partial charge on any atom is -0.339 e. The number of aromatic nitrogens is 4. The Balaban J connectivity index is 1.23. The van der Waals surface area contributed by atoms with Gasteiger partial charge in [0.2, 0.25) is 11.8 Å². The molecule has 0 aliphatic carbocycles. The Morgan fingerprint density at radius 3 is 1.53 bits per heavy atom. The normalized spacial score (nSPS) is 18.3. The first-order chi connectivity index (χ1) is 23.9. The summed E-state index contributed by atoms with van der Waals surface area (Å²) in [6.45, 7) is 6.41. The van der Waals surface area contributed by atoms with Crippen molar-refractivity contribution in [3.63, 3.8) is 0 Å². The molecular weight excluding hydrogens is 657 g/mol. The molecule has 2 fully saturated rings. The Bertz CT molecular complexity index is 1790. The quantitative estimate of drug-likeness (QED) is 0.131. The van der Waals surface area contributed by atoms with E-state index < -0.39 is 0 Å². The molecule has 2 aromatic carbocycles. The number of piperidine rings is 2. The fourth-order valence-electron chi connectivity index (χ4n) is 7.22. The van der Waals surface area contributed by atoms with Crippen molar-refractivity contribution in [1.29, 1.82) is 0 Å². The van der Waals surface area contributed by atoms with Gasteiger partial charge in [0.25, 0.3) is 11.1 Å². The summed E-state index contributed by atoms with van der Waals surface area (Å²) in [5.41, 5.74) is 0.864. The van der Waals surface area contributed by atoms with Gasteiger partial charge in [-0.1, -0.05) is 61.6 Å². The topological polar surface area (TPSA) is 110 Å². The van der Waals surface area contributed by atoms with Crippen molar-refractivity contribution in [2.24, 2.45) is 0 Å². The van der Waals surface area contributed by atoms with E-state index in [1.54, 1.807) is 21.3 Å². The van der Waals surface area contributed by atoms with Crippen LogP contribution in [-0.4, -0.2) is 77.4 Å². The van der Waals surface area contributed by atoms with Gasteiger partial charge in [0, 0.05) is 38.3 Å². The number of carbonyl (C=O) groups excluding carboxylic acids is 2. The molecule has 0 N–H and O–H groups in total. The van der Waals surface area contributed by atoms with Crippen LogP contribution in [0.1, 0.15) is 71.6 Å². The summed E-state index contributed by atoms with van der Waals surface area (Å²) in [6, 6.07) is 15.1. The third-order valence-corrected chi connectivity index (χ3v) is 11.8. The maximum absolute atomic E-state index is 13.8. The third kappa shape index (κ3) is 7.90. The molecule has 0 bridgehead atoms. The van der Waals surface area contributed by atoms with Gasteiger partial charge >= 0.3 is 0 Å². The monoisotopic (exact) mass is 702 g/mol. The highest BCUT2D eigenvalue weighted by atomic mass is 32.2. The second-order valence-corrected chi connectivity index (χ2v) is 14.8. The van der Waals surface area contributed by atoms with Crippen molar-refractivity contribution in [2.75, 3.05) is 24.6 Å². The van der Waals surface area contributed by atoms with Crippen molar-refractivity contribution < 1.29 is 9.59 Å². The van der Waals surface area contributed by atoms with E-state index in [0.717, 1.165) is 64.5 Å². The lowest BCUT2D eigenvalue weighted by Gasteiger charge is -2.35. The second kappa shape index (κ2) is 16.4. The van der Waals surface area contributed by atoms with Crippen molar-refractivity contribution in [3.05, 3.63) is 69.2 Å². The van der Waals surface area contributed by atoms with Crippen LogP contribution in [0.3, 0.4) is 0 Å². The molecule has 2 atom stereocenters. The first-order valence-electron chi connectivity index (χ1n) is 17.7. The Morgan fingerprint density at radius 2 is 1.10 bits per heavy atom. The first kappa shape index (κ1) is 35.2. The van der Waals surface area contributed by atoms with Crippen LogP contribution in [0, 0.1) is 0 Å². The van der Waals surface area contributed by atoms with Crippen molar-refractivity contribution in [3.8, 4) is 0 Å². The minimum atomic E-state index is -0.166. The Kier molecular flexibility index (Phi) is 11.8. The Morgan fingerprint density at radius 1 is 0.673 bits per heavy atom. The van der Waals surface area contributed by atoms with Crippen LogP contribution < -0.4 is 11.1 Å². The molecule has 260 valence electrons. The summed E-state index contributed by atoms with van der Waals surface area (Å²) >= 11 is 2.61. The van der Waals surface area contributed by atoms with Gasteiger partial charge in [0.05, 0.1) is 33.3 Å². The summed E-state index contributed by atoms with van der Waals surface area (Å²) in [7, 11) is 0. The average Bonchev–Trinajstić information content (AvgIpc) is 3.14. The predicted molar refractivity (Wildman–Crippen MR) is 197 cm³/mol. The van der Waals surface area contributed by atoms with Crippen molar-refractivity contribution >= 4 is 57.1 Å². The summed E-state index contributed by atoms with van der Waals surface area (Å²) in [5.74, 6) is 0.566. The number of likely N-dealkylation sites (tertiary alicyclic amines) is 2. The number of para-hydroxylation sites is 2. The highest BCUT2D eigenvalue weighted by Gasteiger charge is 2.27. The fraction of sp³-hybridized carbons (Fsp3) is 0.514. The first-order valence-corrected chi connectivity index (χ1v) is 19.7. The van der Waals surface area contributed by atoms with E-state index in [1.165, 1.54) is 23.5 Å². The molecule has 2 amide bonds. The van der Waals surface area contributed by atoms with Crippen molar-refractivity contribution in [2.45, 2.75) is 107 Å². The van der Waals surface area contributed by atoms with E-state index in [2.05, 4.69) is 13.8 Å². The lowest BCUT2D eigenvalue weighted by molar-refractivity contribution is -0.132. The molecule has 0 radical (unpaired) electrons. The molecule has 10 nitrogen and oxygen atoms in total. The maximum atomic E-state index is 13.8. The zero-order valence-electron chi connectivity index (χ0n) is 28.5. The number of hydrogen-bond acceptors (Lipinski definition) is 8. The lowest BCUT2D eigenvalue weighted by atomic mass is 10.0. The number of fused-ring (bicyclic) bond motifs is 2. The molecule has 6 rings (SSSR count). The minimum absolute atomic E-state index is 0.0744. The van der Waals surface area contributed by atoms with Gasteiger partial charge in [-0.25, -0.2) is 9.97 Å². The van der Waals surface area contributed by atoms with Crippen LogP contribution in [0.5, 0.6) is 0 Å². The van der Waals surface area contributed by atoms with Gasteiger partial charge in [-0.3, -0.25) is 28.3 Å². The molecule has 0 spiro atoms. The van der Waals surface area contributed by atoms with Crippen LogP contribution in [-0.2, 0) is 22.7 Å². The van der Waals surface area contributed by atoms with Crippen LogP contribution in [0.2, 0.25) is 0 Å². The number of thioether (sulfide) groups is 2. The molecule has 0 saturated carbocycles. The molecule has 4 heterocycles. The molecule has 4 aromatic rings. The third-order valence-electron chi connectivity index (χ3n) is 9.90. The van der Waals surface area contributed by atoms with Crippen molar-refractivity contribution in [1.82, 2.24) is 28.9 Å². The summed E-state index contributed by atoms with van der Waals surface area (Å²) in [5, 5.41) is 2.03. The zero-order valence-corrected chi connectivity index (χ0v) is 30.1. The van der Waals surface area contributed by atoms with Crippen LogP contribution in [0.4, 0.5) is 0 Å². The van der Waals surface area contributed by atoms with Gasteiger partial charge in [0.15, 0.2) is 10.3 Å². The SMILES string of the molecule is CC[C@@H]1CCCCN1C(=O)CSc1nc2ccccc2c(=O)n1CCCn1c(SCC(=O)N2CCCC[C@H]2CC)nc2ccccc2c1=O. The average molecular weight is 703 g/mol. The fourth-order valence-corrected chi connectivity index (χ4v) is 9.04. The molecule has 0 unspecified atom stereocenters. The largest absolute Gasteiger partial charge is 0.339 e. The number of benzene rings is 2. The maximum Gasteiger partial charge on any atom is 0.262 e. The second-order valence-electron chi connectivity index (χ2n) is 13.0.